The third-order valence-electron chi connectivity index (χ3n) is 5.37. The summed E-state index contributed by atoms with van der Waals surface area (Å²) in [6, 6.07) is 20.9. The van der Waals surface area contributed by atoms with Gasteiger partial charge in [0.1, 0.15) is 5.75 Å². The zero-order chi connectivity index (χ0) is 19.5. The number of benzene rings is 3. The highest BCUT2D eigenvalue weighted by Crippen LogP contribution is 2.42. The van der Waals surface area contributed by atoms with Crippen molar-refractivity contribution in [2.24, 2.45) is 0 Å². The summed E-state index contributed by atoms with van der Waals surface area (Å²) in [4.78, 5) is 0. The first-order chi connectivity index (χ1) is 13.8. The van der Waals surface area contributed by atoms with Crippen LogP contribution in [0.4, 0.5) is 0 Å². The molecule has 1 aliphatic heterocycles. The van der Waals surface area contributed by atoms with Gasteiger partial charge < -0.3 is 19.5 Å². The molecule has 4 heteroatoms. The summed E-state index contributed by atoms with van der Waals surface area (Å²) in [6.45, 7) is 0.861. The molecule has 1 atom stereocenters. The van der Waals surface area contributed by atoms with E-state index in [0.29, 0.717) is 0 Å². The highest BCUT2D eigenvalue weighted by atomic mass is 16.5. The van der Waals surface area contributed by atoms with Gasteiger partial charge in [0.2, 0.25) is 0 Å². The molecular weight excluding hydrogens is 350 g/mol. The van der Waals surface area contributed by atoms with Gasteiger partial charge in [-0.15, -0.1) is 0 Å². The second-order valence-electron chi connectivity index (χ2n) is 6.83. The maximum atomic E-state index is 5.71. The number of fused-ring (bicyclic) bond motifs is 1. The van der Waals surface area contributed by atoms with Gasteiger partial charge in [-0.2, -0.15) is 0 Å². The summed E-state index contributed by atoms with van der Waals surface area (Å²) in [5, 5.41) is 3.66. The van der Waals surface area contributed by atoms with Gasteiger partial charge in [0.05, 0.1) is 27.4 Å². The Morgan fingerprint density at radius 1 is 0.750 bits per heavy atom. The summed E-state index contributed by atoms with van der Waals surface area (Å²) in [5.74, 6) is 2.47. The Bertz CT molecular complexity index is 969. The van der Waals surface area contributed by atoms with Crippen LogP contribution in [-0.2, 0) is 6.42 Å². The largest absolute Gasteiger partial charge is 0.496 e. The number of hydrogen-bond donors (Lipinski definition) is 1. The Morgan fingerprint density at radius 3 is 2.21 bits per heavy atom. The maximum Gasteiger partial charge on any atom is 0.164 e. The van der Waals surface area contributed by atoms with E-state index in [1.807, 2.05) is 18.2 Å². The van der Waals surface area contributed by atoms with Gasteiger partial charge in [-0.1, -0.05) is 42.5 Å². The third kappa shape index (κ3) is 3.20. The number of hydrogen-bond acceptors (Lipinski definition) is 4. The summed E-state index contributed by atoms with van der Waals surface area (Å²) >= 11 is 0. The lowest BCUT2D eigenvalue weighted by atomic mass is 9.87. The molecule has 0 saturated carbocycles. The third-order valence-corrected chi connectivity index (χ3v) is 5.37. The fraction of sp³-hybridized carbons (Fsp3) is 0.250. The lowest BCUT2D eigenvalue weighted by molar-refractivity contribution is 0.348. The van der Waals surface area contributed by atoms with Crippen LogP contribution < -0.4 is 19.5 Å². The standard InChI is InChI=1S/C24H25NO3/c1-26-21-11-9-17(16-7-5-4-6-8-16)15-20(21)23-18-10-12-22(27-2)24(28-3)19(18)13-14-25-23/h4-12,15,23,25H,13-14H2,1-3H3. The predicted octanol–water partition coefficient (Wildman–Crippen LogP) is 4.61. The number of methoxy groups -OCH3 is 3. The summed E-state index contributed by atoms with van der Waals surface area (Å²) in [6.07, 6.45) is 0.896. The van der Waals surface area contributed by atoms with Crippen LogP contribution in [0.15, 0.2) is 60.7 Å². The Labute approximate surface area is 166 Å². The zero-order valence-corrected chi connectivity index (χ0v) is 16.5. The van der Waals surface area contributed by atoms with Gasteiger partial charge in [0.25, 0.3) is 0 Å². The Balaban J connectivity index is 1.84. The van der Waals surface area contributed by atoms with Crippen LogP contribution in [0.2, 0.25) is 0 Å². The fourth-order valence-electron chi connectivity index (χ4n) is 4.03. The topological polar surface area (TPSA) is 39.7 Å². The van der Waals surface area contributed by atoms with Crippen LogP contribution in [-0.4, -0.2) is 27.9 Å². The van der Waals surface area contributed by atoms with E-state index in [1.54, 1.807) is 21.3 Å². The predicted molar refractivity (Wildman–Crippen MR) is 112 cm³/mol. The van der Waals surface area contributed by atoms with Gasteiger partial charge in [-0.3, -0.25) is 0 Å². The minimum atomic E-state index is 0.0298. The van der Waals surface area contributed by atoms with Crippen molar-refractivity contribution >= 4 is 0 Å². The molecule has 28 heavy (non-hydrogen) atoms. The molecule has 0 spiro atoms. The molecule has 1 N–H and O–H groups in total. The van der Waals surface area contributed by atoms with E-state index >= 15 is 0 Å². The molecule has 1 aliphatic rings. The molecule has 144 valence electrons. The molecule has 0 saturated heterocycles. The van der Waals surface area contributed by atoms with E-state index < -0.39 is 0 Å². The number of ether oxygens (including phenoxy) is 3. The first-order valence-electron chi connectivity index (χ1n) is 9.47. The molecular formula is C24H25NO3. The van der Waals surface area contributed by atoms with Crippen LogP contribution in [0.5, 0.6) is 17.2 Å². The second-order valence-corrected chi connectivity index (χ2v) is 6.83. The van der Waals surface area contributed by atoms with Crippen LogP contribution in [0.3, 0.4) is 0 Å². The van der Waals surface area contributed by atoms with E-state index in [-0.39, 0.29) is 6.04 Å². The van der Waals surface area contributed by atoms with Crippen LogP contribution in [0.25, 0.3) is 11.1 Å². The average molecular weight is 375 g/mol. The normalized spacial score (nSPS) is 15.6. The van der Waals surface area contributed by atoms with Crippen LogP contribution in [0.1, 0.15) is 22.7 Å². The van der Waals surface area contributed by atoms with E-state index in [0.717, 1.165) is 35.8 Å². The number of nitrogens with one attached hydrogen (secondary N) is 1. The lowest BCUT2D eigenvalue weighted by Crippen LogP contribution is -2.31. The molecule has 1 heterocycles. The highest BCUT2D eigenvalue weighted by Gasteiger charge is 2.28. The number of rotatable bonds is 5. The quantitative estimate of drug-likeness (QED) is 0.707. The zero-order valence-electron chi connectivity index (χ0n) is 16.5. The first kappa shape index (κ1) is 18.4. The Hall–Kier alpha value is -2.98. The Kier molecular flexibility index (Phi) is 5.22. The van der Waals surface area contributed by atoms with Crippen LogP contribution in [0, 0.1) is 0 Å². The molecule has 0 radical (unpaired) electrons. The van der Waals surface area contributed by atoms with Crippen molar-refractivity contribution in [3.05, 3.63) is 77.4 Å². The molecule has 0 amide bonds. The summed E-state index contributed by atoms with van der Waals surface area (Å²) in [7, 11) is 5.10. The monoisotopic (exact) mass is 375 g/mol. The fourth-order valence-corrected chi connectivity index (χ4v) is 4.03. The van der Waals surface area contributed by atoms with E-state index in [2.05, 4.69) is 47.8 Å². The molecule has 4 rings (SSSR count). The summed E-state index contributed by atoms with van der Waals surface area (Å²) in [5.41, 5.74) is 5.88. The van der Waals surface area contributed by atoms with E-state index in [9.17, 15) is 0 Å². The van der Waals surface area contributed by atoms with Crippen molar-refractivity contribution in [3.8, 4) is 28.4 Å². The molecule has 0 aliphatic carbocycles. The van der Waals surface area contributed by atoms with Crippen molar-refractivity contribution in [2.45, 2.75) is 12.5 Å². The second kappa shape index (κ2) is 7.95. The SMILES string of the molecule is COc1ccc(-c2ccccc2)cc1C1NCCc2c1ccc(OC)c2OC. The maximum absolute atomic E-state index is 5.71. The molecule has 1 unspecified atom stereocenters. The first-order valence-corrected chi connectivity index (χ1v) is 9.47. The minimum Gasteiger partial charge on any atom is -0.496 e. The minimum absolute atomic E-state index is 0.0298. The van der Waals surface area contributed by atoms with Gasteiger partial charge in [-0.25, -0.2) is 0 Å². The van der Waals surface area contributed by atoms with Crippen molar-refractivity contribution in [3.63, 3.8) is 0 Å². The smallest absolute Gasteiger partial charge is 0.164 e. The molecule has 4 nitrogen and oxygen atoms in total. The van der Waals surface area contributed by atoms with Crippen molar-refractivity contribution in [1.82, 2.24) is 5.32 Å². The van der Waals surface area contributed by atoms with Crippen LogP contribution >= 0.6 is 0 Å². The Morgan fingerprint density at radius 2 is 1.50 bits per heavy atom. The van der Waals surface area contributed by atoms with Gasteiger partial charge in [-0.05, 0) is 41.3 Å². The average Bonchev–Trinajstić information content (AvgIpc) is 2.77. The van der Waals surface area contributed by atoms with Gasteiger partial charge >= 0.3 is 0 Å². The molecule has 0 aromatic heterocycles. The van der Waals surface area contributed by atoms with Crippen molar-refractivity contribution < 1.29 is 14.2 Å². The van der Waals surface area contributed by atoms with Gasteiger partial charge in [0.15, 0.2) is 11.5 Å². The van der Waals surface area contributed by atoms with E-state index in [4.69, 9.17) is 14.2 Å². The molecule has 3 aromatic carbocycles. The molecule has 0 bridgehead atoms. The molecule has 0 fully saturated rings. The summed E-state index contributed by atoms with van der Waals surface area (Å²) < 4.78 is 16.9. The molecule has 3 aromatic rings. The highest BCUT2D eigenvalue weighted by molar-refractivity contribution is 5.67. The van der Waals surface area contributed by atoms with Crippen molar-refractivity contribution in [1.29, 1.82) is 0 Å². The van der Waals surface area contributed by atoms with Gasteiger partial charge in [0, 0.05) is 17.7 Å². The van der Waals surface area contributed by atoms with E-state index in [1.165, 1.54) is 22.3 Å². The van der Waals surface area contributed by atoms with Crippen molar-refractivity contribution in [2.75, 3.05) is 27.9 Å². The lowest BCUT2D eigenvalue weighted by Gasteiger charge is -2.30.